The van der Waals surface area contributed by atoms with Crippen molar-refractivity contribution < 1.29 is 14.4 Å². The number of nitrogens with zero attached hydrogens (tertiary/aromatic N) is 3. The number of carbonyl (C=O) groups is 2. The molecule has 1 aliphatic rings. The normalized spacial score (nSPS) is 16.4. The van der Waals surface area contributed by atoms with E-state index in [0.717, 1.165) is 5.06 Å². The van der Waals surface area contributed by atoms with E-state index in [2.05, 4.69) is 0 Å². The van der Waals surface area contributed by atoms with Crippen LogP contribution in [0.1, 0.15) is 6.92 Å². The molecule has 0 spiro atoms. The van der Waals surface area contributed by atoms with Crippen molar-refractivity contribution in [3.63, 3.8) is 0 Å². The summed E-state index contributed by atoms with van der Waals surface area (Å²) in [5.74, 6) is -0.182. The van der Waals surface area contributed by atoms with Crippen LogP contribution in [0.3, 0.4) is 0 Å². The number of carbonyl (C=O) groups excluding carboxylic acids is 2. The zero-order valence-electron chi connectivity index (χ0n) is 10.4. The lowest BCUT2D eigenvalue weighted by Gasteiger charge is -2.20. The number of amides is 2. The summed E-state index contributed by atoms with van der Waals surface area (Å²) in [6.45, 7) is 1.55. The van der Waals surface area contributed by atoms with Gasteiger partial charge in [0.15, 0.2) is 5.75 Å². The summed E-state index contributed by atoms with van der Waals surface area (Å²) in [6.07, 6.45) is 0. The molecule has 19 heavy (non-hydrogen) atoms. The van der Waals surface area contributed by atoms with E-state index < -0.39 is 0 Å². The van der Waals surface area contributed by atoms with Crippen molar-refractivity contribution in [2.24, 2.45) is 0 Å². The van der Waals surface area contributed by atoms with Crippen molar-refractivity contribution in [1.82, 2.24) is 9.96 Å². The first-order valence-corrected chi connectivity index (χ1v) is 5.82. The van der Waals surface area contributed by atoms with Gasteiger partial charge >= 0.3 is 0 Å². The van der Waals surface area contributed by atoms with Crippen molar-refractivity contribution >= 4 is 11.8 Å². The minimum Gasteiger partial charge on any atom is -0.376 e. The van der Waals surface area contributed by atoms with Gasteiger partial charge in [0.25, 0.3) is 5.91 Å². The second-order valence-corrected chi connectivity index (χ2v) is 4.15. The fourth-order valence-electron chi connectivity index (χ4n) is 1.56. The molecule has 1 atom stereocenters. The summed E-state index contributed by atoms with van der Waals surface area (Å²) in [4.78, 5) is 30.0. The second kappa shape index (κ2) is 5.40. The first kappa shape index (κ1) is 12.9. The Balaban J connectivity index is 1.96. The Labute approximate surface area is 110 Å². The molecular weight excluding hydrogens is 246 g/mol. The Kier molecular flexibility index (Phi) is 3.66. The van der Waals surface area contributed by atoms with Gasteiger partial charge in [0, 0.05) is 6.92 Å². The Morgan fingerprint density at radius 3 is 2.68 bits per heavy atom. The molecule has 0 bridgehead atoms. The lowest BCUT2D eigenvalue weighted by molar-refractivity contribution is -0.160. The molecule has 2 rings (SSSR count). The number of hydrogen-bond donors (Lipinski definition) is 0. The number of hydrogen-bond acceptors (Lipinski definition) is 4. The van der Waals surface area contributed by atoms with Gasteiger partial charge in [-0.25, -0.2) is 0 Å². The third-order valence-corrected chi connectivity index (χ3v) is 2.67. The molecule has 6 heteroatoms. The van der Waals surface area contributed by atoms with Crippen LogP contribution < -0.4 is 4.84 Å². The number of para-hydroxylation sites is 1. The van der Waals surface area contributed by atoms with Crippen molar-refractivity contribution in [2.75, 3.05) is 13.1 Å². The molecule has 0 N–H and O–H groups in total. The first-order valence-electron chi connectivity index (χ1n) is 5.82. The minimum atomic E-state index is -0.368. The molecule has 2 amide bonds. The lowest BCUT2D eigenvalue weighted by atomic mass is 10.3. The highest BCUT2D eigenvalue weighted by molar-refractivity contribution is 5.85. The quantitative estimate of drug-likeness (QED) is 0.585. The predicted octanol–water partition coefficient (Wildman–Crippen LogP) is 0.563. The molecule has 0 radical (unpaired) electrons. The van der Waals surface area contributed by atoms with Crippen LogP contribution in [0.4, 0.5) is 0 Å². The standard InChI is InChI=1S/C13H13N3O3/c1-10(17)16(19-12-5-3-2-4-6-12)9-13(18)15-8-11(15)7-14/h2-6,11H,8-9H2,1H3. The topological polar surface area (TPSA) is 73.4 Å². The molecular formula is C13H13N3O3. The Morgan fingerprint density at radius 2 is 2.16 bits per heavy atom. The predicted molar refractivity (Wildman–Crippen MR) is 65.6 cm³/mol. The maximum Gasteiger partial charge on any atom is 0.252 e. The highest BCUT2D eigenvalue weighted by atomic mass is 16.7. The van der Waals surface area contributed by atoms with Gasteiger partial charge in [-0.1, -0.05) is 18.2 Å². The van der Waals surface area contributed by atoms with E-state index in [9.17, 15) is 9.59 Å². The van der Waals surface area contributed by atoms with Crippen LogP contribution in [0.25, 0.3) is 0 Å². The van der Waals surface area contributed by atoms with Gasteiger partial charge in [0.2, 0.25) is 5.91 Å². The van der Waals surface area contributed by atoms with Crippen LogP contribution in [0, 0.1) is 11.3 Å². The third-order valence-electron chi connectivity index (χ3n) is 2.67. The average molecular weight is 259 g/mol. The Bertz CT molecular complexity index is 524. The van der Waals surface area contributed by atoms with Gasteiger partial charge in [-0.2, -0.15) is 10.3 Å². The number of rotatable bonds is 4. The first-order chi connectivity index (χ1) is 9.11. The average Bonchev–Trinajstić information content (AvgIpc) is 3.18. The van der Waals surface area contributed by atoms with Gasteiger partial charge in [0.1, 0.15) is 12.6 Å². The van der Waals surface area contributed by atoms with E-state index in [0.29, 0.717) is 12.3 Å². The summed E-state index contributed by atoms with van der Waals surface area (Å²) in [5, 5.41) is 9.64. The van der Waals surface area contributed by atoms with Gasteiger partial charge < -0.3 is 9.74 Å². The number of nitriles is 1. The summed E-state index contributed by atoms with van der Waals surface area (Å²) in [5.41, 5.74) is 0. The maximum atomic E-state index is 11.8. The lowest BCUT2D eigenvalue weighted by Crippen LogP contribution is -2.39. The molecule has 0 aliphatic carbocycles. The Hall–Kier alpha value is -2.55. The SMILES string of the molecule is CC(=O)N(CC(=O)N1CC1C#N)Oc1ccccc1. The van der Waals surface area contributed by atoms with E-state index in [4.69, 9.17) is 10.1 Å². The van der Waals surface area contributed by atoms with Gasteiger partial charge in [-0.05, 0) is 12.1 Å². The van der Waals surface area contributed by atoms with Crippen molar-refractivity contribution in [2.45, 2.75) is 13.0 Å². The van der Waals surface area contributed by atoms with E-state index in [1.165, 1.54) is 11.8 Å². The van der Waals surface area contributed by atoms with E-state index in [1.807, 2.05) is 12.1 Å². The minimum absolute atomic E-state index is 0.192. The summed E-state index contributed by atoms with van der Waals surface area (Å²) in [6, 6.07) is 10.4. The largest absolute Gasteiger partial charge is 0.376 e. The molecule has 1 aromatic carbocycles. The highest BCUT2D eigenvalue weighted by Crippen LogP contribution is 2.17. The van der Waals surface area contributed by atoms with Gasteiger partial charge in [0.05, 0.1) is 12.6 Å². The number of benzene rings is 1. The van der Waals surface area contributed by atoms with Crippen LogP contribution in [-0.2, 0) is 9.59 Å². The molecule has 1 fully saturated rings. The van der Waals surface area contributed by atoms with Crippen molar-refractivity contribution in [1.29, 1.82) is 5.26 Å². The smallest absolute Gasteiger partial charge is 0.252 e. The molecule has 1 aromatic rings. The monoisotopic (exact) mass is 259 g/mol. The van der Waals surface area contributed by atoms with Crippen LogP contribution >= 0.6 is 0 Å². The molecule has 1 heterocycles. The summed E-state index contributed by atoms with van der Waals surface area (Å²) < 4.78 is 0. The third kappa shape index (κ3) is 3.22. The fraction of sp³-hybridized carbons (Fsp3) is 0.308. The molecule has 1 saturated heterocycles. The van der Waals surface area contributed by atoms with Gasteiger partial charge in [-0.15, -0.1) is 0 Å². The molecule has 0 aromatic heterocycles. The van der Waals surface area contributed by atoms with Crippen molar-refractivity contribution in [3.8, 4) is 11.8 Å². The summed E-state index contributed by atoms with van der Waals surface area (Å²) >= 11 is 0. The zero-order chi connectivity index (χ0) is 13.8. The van der Waals surface area contributed by atoms with Crippen LogP contribution in [-0.4, -0.2) is 40.9 Å². The Morgan fingerprint density at radius 1 is 1.47 bits per heavy atom. The molecule has 6 nitrogen and oxygen atoms in total. The zero-order valence-corrected chi connectivity index (χ0v) is 10.4. The molecule has 1 unspecified atom stereocenters. The molecule has 0 saturated carbocycles. The van der Waals surface area contributed by atoms with Crippen LogP contribution in [0.5, 0.6) is 5.75 Å². The molecule has 98 valence electrons. The fourth-order valence-corrected chi connectivity index (χ4v) is 1.56. The van der Waals surface area contributed by atoms with Crippen LogP contribution in [0.15, 0.2) is 30.3 Å². The molecule has 1 aliphatic heterocycles. The summed E-state index contributed by atoms with van der Waals surface area (Å²) in [7, 11) is 0. The van der Waals surface area contributed by atoms with Crippen LogP contribution in [0.2, 0.25) is 0 Å². The van der Waals surface area contributed by atoms with E-state index >= 15 is 0 Å². The second-order valence-electron chi connectivity index (χ2n) is 4.15. The van der Waals surface area contributed by atoms with E-state index in [-0.39, 0.29) is 24.4 Å². The number of hydroxylamine groups is 2. The maximum absolute atomic E-state index is 11.8. The van der Waals surface area contributed by atoms with Gasteiger partial charge in [-0.3, -0.25) is 9.59 Å². The van der Waals surface area contributed by atoms with Crippen molar-refractivity contribution in [3.05, 3.63) is 30.3 Å². The highest BCUT2D eigenvalue weighted by Gasteiger charge is 2.39. The van der Waals surface area contributed by atoms with E-state index in [1.54, 1.807) is 24.3 Å².